The number of carbonyl (C=O) groups is 1. The number of nitrogens with zero attached hydrogens (tertiary/aromatic N) is 3. The van der Waals surface area contributed by atoms with Gasteiger partial charge in [-0.05, 0) is 31.1 Å². The van der Waals surface area contributed by atoms with Crippen LogP contribution in [0, 0.1) is 6.92 Å². The van der Waals surface area contributed by atoms with Gasteiger partial charge < -0.3 is 10.1 Å². The van der Waals surface area contributed by atoms with E-state index in [1.165, 1.54) is 21.1 Å². The molecule has 0 saturated carbocycles. The molecule has 1 amide bonds. The average Bonchev–Trinajstić information content (AvgIpc) is 2.94. The molecule has 0 aromatic carbocycles. The van der Waals surface area contributed by atoms with Crippen molar-refractivity contribution >= 4 is 51.7 Å². The minimum Gasteiger partial charge on any atom is -0.383 e. The van der Waals surface area contributed by atoms with Gasteiger partial charge in [0.15, 0.2) is 0 Å². The summed E-state index contributed by atoms with van der Waals surface area (Å²) in [4.78, 5) is 32.4. The summed E-state index contributed by atoms with van der Waals surface area (Å²) < 4.78 is 7.00. The molecule has 0 atom stereocenters. The van der Waals surface area contributed by atoms with E-state index in [1.807, 2.05) is 19.9 Å². The zero-order valence-electron chi connectivity index (χ0n) is 16.0. The number of ether oxygens (including phenoxy) is 1. The van der Waals surface area contributed by atoms with Crippen LogP contribution in [-0.4, -0.2) is 51.3 Å². The van der Waals surface area contributed by atoms with Gasteiger partial charge in [-0.25, -0.2) is 4.98 Å². The fourth-order valence-electron chi connectivity index (χ4n) is 2.83. The third kappa shape index (κ3) is 3.96. The molecule has 28 heavy (non-hydrogen) atoms. The second kappa shape index (κ2) is 8.85. The number of anilines is 1. The van der Waals surface area contributed by atoms with Crippen molar-refractivity contribution < 1.29 is 9.53 Å². The minimum absolute atomic E-state index is 0.220. The molecule has 0 bridgehead atoms. The molecule has 0 aliphatic carbocycles. The van der Waals surface area contributed by atoms with E-state index in [9.17, 15) is 9.59 Å². The Hall–Kier alpha value is -2.23. The standard InChI is InChI=1S/C19H22N4O3S2/c1-4-7-20-15-13(17(24)22-8-5-6-12(2)16(22)21-15)11-14-18(25)23(9-10-26-3)19(27)28-14/h5-6,8,11,20H,4,7,9-10H2,1-3H3/b14-11-. The van der Waals surface area contributed by atoms with Crippen LogP contribution < -0.4 is 10.9 Å². The van der Waals surface area contributed by atoms with Gasteiger partial charge in [-0.2, -0.15) is 0 Å². The Morgan fingerprint density at radius 2 is 2.18 bits per heavy atom. The fourth-order valence-corrected chi connectivity index (χ4v) is 4.12. The molecule has 3 heterocycles. The molecule has 1 saturated heterocycles. The van der Waals surface area contributed by atoms with Crippen molar-refractivity contribution in [2.45, 2.75) is 20.3 Å². The number of aryl methyl sites for hydroxylation is 1. The van der Waals surface area contributed by atoms with Crippen LogP contribution >= 0.6 is 24.0 Å². The van der Waals surface area contributed by atoms with E-state index in [1.54, 1.807) is 25.4 Å². The Morgan fingerprint density at radius 1 is 1.39 bits per heavy atom. The van der Waals surface area contributed by atoms with Gasteiger partial charge in [0.1, 0.15) is 15.8 Å². The summed E-state index contributed by atoms with van der Waals surface area (Å²) in [7, 11) is 1.57. The van der Waals surface area contributed by atoms with E-state index in [0.717, 1.165) is 12.0 Å². The van der Waals surface area contributed by atoms with Crippen LogP contribution in [0.4, 0.5) is 5.82 Å². The maximum absolute atomic E-state index is 13.1. The number of nitrogens with one attached hydrogen (secondary N) is 1. The van der Waals surface area contributed by atoms with E-state index < -0.39 is 0 Å². The van der Waals surface area contributed by atoms with Crippen molar-refractivity contribution in [3.8, 4) is 0 Å². The predicted molar refractivity (Wildman–Crippen MR) is 117 cm³/mol. The lowest BCUT2D eigenvalue weighted by atomic mass is 10.2. The molecule has 9 heteroatoms. The average molecular weight is 419 g/mol. The van der Waals surface area contributed by atoms with Crippen molar-refractivity contribution in [3.63, 3.8) is 0 Å². The number of carbonyl (C=O) groups excluding carboxylic acids is 1. The van der Waals surface area contributed by atoms with Gasteiger partial charge in [-0.15, -0.1) is 0 Å². The first-order valence-electron chi connectivity index (χ1n) is 8.98. The van der Waals surface area contributed by atoms with Crippen molar-refractivity contribution in [2.24, 2.45) is 0 Å². The van der Waals surface area contributed by atoms with Crippen LogP contribution in [-0.2, 0) is 9.53 Å². The van der Waals surface area contributed by atoms with Gasteiger partial charge >= 0.3 is 0 Å². The third-order valence-electron chi connectivity index (χ3n) is 4.29. The number of thioether (sulfide) groups is 1. The molecule has 1 aliphatic heterocycles. The number of methoxy groups -OCH3 is 1. The Kier molecular flexibility index (Phi) is 6.48. The van der Waals surface area contributed by atoms with Gasteiger partial charge in [0, 0.05) is 19.9 Å². The van der Waals surface area contributed by atoms with E-state index in [0.29, 0.717) is 46.0 Å². The molecule has 1 aliphatic rings. The van der Waals surface area contributed by atoms with Gasteiger partial charge in [0.2, 0.25) is 0 Å². The zero-order chi connectivity index (χ0) is 20.3. The van der Waals surface area contributed by atoms with Gasteiger partial charge in [-0.1, -0.05) is 37.0 Å². The molecule has 0 radical (unpaired) electrons. The minimum atomic E-state index is -0.227. The summed E-state index contributed by atoms with van der Waals surface area (Å²) in [5, 5.41) is 3.21. The second-order valence-corrected chi connectivity index (χ2v) is 7.99. The number of aromatic nitrogens is 2. The number of hydrogen-bond donors (Lipinski definition) is 1. The molecule has 1 fully saturated rings. The topological polar surface area (TPSA) is 75.9 Å². The largest absolute Gasteiger partial charge is 0.383 e. The maximum Gasteiger partial charge on any atom is 0.267 e. The molecule has 2 aromatic heterocycles. The summed E-state index contributed by atoms with van der Waals surface area (Å²) >= 11 is 6.50. The summed E-state index contributed by atoms with van der Waals surface area (Å²) in [5.74, 6) is 0.255. The van der Waals surface area contributed by atoms with Crippen LogP contribution in [0.5, 0.6) is 0 Å². The lowest BCUT2D eigenvalue weighted by Gasteiger charge is -2.13. The number of amides is 1. The molecule has 0 spiro atoms. The maximum atomic E-state index is 13.1. The molecular weight excluding hydrogens is 396 g/mol. The molecule has 3 rings (SSSR count). The third-order valence-corrected chi connectivity index (χ3v) is 5.67. The first-order chi connectivity index (χ1) is 13.5. The number of fused-ring (bicyclic) bond motifs is 1. The second-order valence-electron chi connectivity index (χ2n) is 6.32. The Balaban J connectivity index is 2.10. The predicted octanol–water partition coefficient (Wildman–Crippen LogP) is 2.67. The highest BCUT2D eigenvalue weighted by molar-refractivity contribution is 8.26. The van der Waals surface area contributed by atoms with Crippen LogP contribution in [0.3, 0.4) is 0 Å². The summed E-state index contributed by atoms with van der Waals surface area (Å²) in [6.45, 7) is 5.39. The van der Waals surface area contributed by atoms with Crippen LogP contribution in [0.2, 0.25) is 0 Å². The molecule has 1 N–H and O–H groups in total. The highest BCUT2D eigenvalue weighted by atomic mass is 32.2. The lowest BCUT2D eigenvalue weighted by Crippen LogP contribution is -2.31. The first kappa shape index (κ1) is 20.5. The van der Waals surface area contributed by atoms with E-state index >= 15 is 0 Å². The van der Waals surface area contributed by atoms with Crippen LogP contribution in [0.15, 0.2) is 28.0 Å². The quantitative estimate of drug-likeness (QED) is 0.547. The Bertz CT molecular complexity index is 1020. The zero-order valence-corrected chi connectivity index (χ0v) is 17.7. The smallest absolute Gasteiger partial charge is 0.267 e. The number of thiocarbonyl (C=S) groups is 1. The monoisotopic (exact) mass is 418 g/mol. The highest BCUT2D eigenvalue weighted by Crippen LogP contribution is 2.32. The molecule has 2 aromatic rings. The van der Waals surface area contributed by atoms with E-state index in [-0.39, 0.29) is 11.5 Å². The van der Waals surface area contributed by atoms with E-state index in [2.05, 4.69) is 10.3 Å². The molecule has 0 unspecified atom stereocenters. The molecular formula is C19H22N4O3S2. The van der Waals surface area contributed by atoms with Crippen molar-refractivity contribution in [2.75, 3.05) is 32.1 Å². The van der Waals surface area contributed by atoms with Gasteiger partial charge in [-0.3, -0.25) is 18.9 Å². The van der Waals surface area contributed by atoms with Crippen LogP contribution in [0.25, 0.3) is 11.7 Å². The normalized spacial score (nSPS) is 15.8. The molecule has 148 valence electrons. The van der Waals surface area contributed by atoms with Crippen molar-refractivity contribution in [1.82, 2.24) is 14.3 Å². The van der Waals surface area contributed by atoms with Gasteiger partial charge in [0.05, 0.1) is 23.6 Å². The van der Waals surface area contributed by atoms with Crippen molar-refractivity contribution in [3.05, 3.63) is 44.7 Å². The van der Waals surface area contributed by atoms with Crippen molar-refractivity contribution in [1.29, 1.82) is 0 Å². The lowest BCUT2D eigenvalue weighted by molar-refractivity contribution is -0.122. The summed E-state index contributed by atoms with van der Waals surface area (Å²) in [6, 6.07) is 3.71. The van der Waals surface area contributed by atoms with Crippen LogP contribution in [0.1, 0.15) is 24.5 Å². The number of hydrogen-bond acceptors (Lipinski definition) is 7. The summed E-state index contributed by atoms with van der Waals surface area (Å²) in [5.41, 5.74) is 1.62. The van der Waals surface area contributed by atoms with E-state index in [4.69, 9.17) is 17.0 Å². The summed E-state index contributed by atoms with van der Waals surface area (Å²) in [6.07, 6.45) is 4.16. The highest BCUT2D eigenvalue weighted by Gasteiger charge is 2.32. The number of pyridine rings is 1. The Morgan fingerprint density at radius 3 is 2.89 bits per heavy atom. The van der Waals surface area contributed by atoms with Gasteiger partial charge in [0.25, 0.3) is 11.5 Å². The first-order valence-corrected chi connectivity index (χ1v) is 10.2. The fraction of sp³-hybridized carbons (Fsp3) is 0.368. The molecule has 7 nitrogen and oxygen atoms in total. The SMILES string of the molecule is CCCNc1nc2c(C)cccn2c(=O)c1/C=C1\SC(=S)N(CCOC)C1=O. The Labute approximate surface area is 172 Å². The number of rotatable bonds is 7.